The first kappa shape index (κ1) is 11.6. The summed E-state index contributed by atoms with van der Waals surface area (Å²) in [5, 5.41) is 3.51. The summed E-state index contributed by atoms with van der Waals surface area (Å²) in [5.74, 6) is 0. The smallest absolute Gasteiger partial charge is 0.0240 e. The van der Waals surface area contributed by atoms with Gasteiger partial charge < -0.3 is 5.32 Å². The molecule has 0 saturated heterocycles. The summed E-state index contributed by atoms with van der Waals surface area (Å²) in [5.41, 5.74) is 2.94. The summed E-state index contributed by atoms with van der Waals surface area (Å²) in [4.78, 5) is 2.57. The van der Waals surface area contributed by atoms with Crippen molar-refractivity contribution in [3.8, 4) is 0 Å². The van der Waals surface area contributed by atoms with Gasteiger partial charge in [-0.2, -0.15) is 0 Å². The molecule has 88 valence electrons. The molecule has 1 aromatic rings. The molecule has 0 bridgehead atoms. The van der Waals surface area contributed by atoms with Crippen molar-refractivity contribution in [1.29, 1.82) is 0 Å². The molecule has 2 heteroatoms. The van der Waals surface area contributed by atoms with E-state index in [1.807, 2.05) is 0 Å². The molecule has 16 heavy (non-hydrogen) atoms. The van der Waals surface area contributed by atoms with Crippen molar-refractivity contribution in [1.82, 2.24) is 10.2 Å². The van der Waals surface area contributed by atoms with E-state index in [2.05, 4.69) is 48.3 Å². The Labute approximate surface area is 98.7 Å². The topological polar surface area (TPSA) is 15.3 Å². The third-order valence-corrected chi connectivity index (χ3v) is 3.60. The molecule has 1 aromatic carbocycles. The number of fused-ring (bicyclic) bond motifs is 1. The second kappa shape index (κ2) is 5.46. The number of hydrogen-bond donors (Lipinski definition) is 1. The molecule has 0 spiro atoms. The van der Waals surface area contributed by atoms with Gasteiger partial charge in [-0.1, -0.05) is 31.2 Å². The molecule has 0 radical (unpaired) electrons. The first-order valence-electron chi connectivity index (χ1n) is 6.32. The molecule has 1 unspecified atom stereocenters. The third-order valence-electron chi connectivity index (χ3n) is 3.60. The van der Waals surface area contributed by atoms with Gasteiger partial charge in [-0.15, -0.1) is 0 Å². The Hall–Kier alpha value is -0.860. The zero-order chi connectivity index (χ0) is 11.4. The van der Waals surface area contributed by atoms with E-state index in [0.717, 1.165) is 26.2 Å². The highest BCUT2D eigenvalue weighted by Gasteiger charge is 2.15. The zero-order valence-electron chi connectivity index (χ0n) is 10.4. The van der Waals surface area contributed by atoms with Crippen LogP contribution in [0, 0.1) is 0 Å². The van der Waals surface area contributed by atoms with E-state index in [0.29, 0.717) is 6.04 Å². The van der Waals surface area contributed by atoms with Crippen molar-refractivity contribution in [2.45, 2.75) is 39.4 Å². The monoisotopic (exact) mass is 218 g/mol. The third kappa shape index (κ3) is 2.63. The Morgan fingerprint density at radius 1 is 1.31 bits per heavy atom. The van der Waals surface area contributed by atoms with Crippen LogP contribution in [0.4, 0.5) is 0 Å². The molecule has 0 aliphatic carbocycles. The summed E-state index contributed by atoms with van der Waals surface area (Å²) < 4.78 is 0. The minimum Gasteiger partial charge on any atom is -0.311 e. The Morgan fingerprint density at radius 2 is 2.06 bits per heavy atom. The quantitative estimate of drug-likeness (QED) is 0.820. The van der Waals surface area contributed by atoms with Crippen molar-refractivity contribution >= 4 is 0 Å². The molecule has 1 N–H and O–H groups in total. The fraction of sp³-hybridized carbons (Fsp3) is 0.571. The van der Waals surface area contributed by atoms with Crippen LogP contribution in [0.3, 0.4) is 0 Å². The molecule has 1 aliphatic rings. The minimum atomic E-state index is 0.674. The van der Waals surface area contributed by atoms with E-state index < -0.39 is 0 Å². The van der Waals surface area contributed by atoms with Gasteiger partial charge in [-0.25, -0.2) is 0 Å². The van der Waals surface area contributed by atoms with Crippen LogP contribution in [0.25, 0.3) is 0 Å². The van der Waals surface area contributed by atoms with Crippen molar-refractivity contribution in [3.63, 3.8) is 0 Å². The van der Waals surface area contributed by atoms with E-state index >= 15 is 0 Å². The average molecular weight is 218 g/mol. The van der Waals surface area contributed by atoms with Gasteiger partial charge in [0, 0.05) is 32.2 Å². The van der Waals surface area contributed by atoms with Crippen LogP contribution < -0.4 is 5.32 Å². The number of benzene rings is 1. The Kier molecular flexibility index (Phi) is 3.97. The first-order chi connectivity index (χ1) is 7.81. The summed E-state index contributed by atoms with van der Waals surface area (Å²) >= 11 is 0. The molecule has 1 aliphatic heterocycles. The molecule has 2 nitrogen and oxygen atoms in total. The average Bonchev–Trinajstić information content (AvgIpc) is 2.29. The van der Waals surface area contributed by atoms with Crippen LogP contribution in [-0.2, 0) is 13.1 Å². The molecule has 1 heterocycles. The van der Waals surface area contributed by atoms with Crippen molar-refractivity contribution in [2.24, 2.45) is 0 Å². The molecular formula is C14H22N2. The van der Waals surface area contributed by atoms with Gasteiger partial charge >= 0.3 is 0 Å². The van der Waals surface area contributed by atoms with Gasteiger partial charge in [0.05, 0.1) is 0 Å². The lowest BCUT2D eigenvalue weighted by Crippen LogP contribution is -2.39. The number of hydrogen-bond acceptors (Lipinski definition) is 2. The van der Waals surface area contributed by atoms with Crippen LogP contribution >= 0.6 is 0 Å². The van der Waals surface area contributed by atoms with E-state index in [4.69, 9.17) is 0 Å². The van der Waals surface area contributed by atoms with Gasteiger partial charge in [-0.05, 0) is 24.5 Å². The fourth-order valence-electron chi connectivity index (χ4n) is 2.26. The Bertz CT molecular complexity index is 335. The maximum Gasteiger partial charge on any atom is 0.0240 e. The van der Waals surface area contributed by atoms with Crippen LogP contribution in [0.15, 0.2) is 24.3 Å². The van der Waals surface area contributed by atoms with Crippen LogP contribution in [0.1, 0.15) is 31.4 Å². The second-order valence-electron chi connectivity index (χ2n) is 4.67. The summed E-state index contributed by atoms with van der Waals surface area (Å²) in [6.45, 7) is 8.96. The van der Waals surface area contributed by atoms with Crippen LogP contribution in [0.5, 0.6) is 0 Å². The number of nitrogens with one attached hydrogen (secondary N) is 1. The lowest BCUT2D eigenvalue weighted by molar-refractivity contribution is 0.191. The zero-order valence-corrected chi connectivity index (χ0v) is 10.4. The summed E-state index contributed by atoms with van der Waals surface area (Å²) in [7, 11) is 0. The van der Waals surface area contributed by atoms with Gasteiger partial charge in [-0.3, -0.25) is 4.90 Å². The minimum absolute atomic E-state index is 0.674. The Morgan fingerprint density at radius 3 is 2.81 bits per heavy atom. The molecule has 0 aromatic heterocycles. The van der Waals surface area contributed by atoms with Crippen LogP contribution in [-0.4, -0.2) is 24.0 Å². The first-order valence-corrected chi connectivity index (χ1v) is 6.32. The predicted molar refractivity (Wildman–Crippen MR) is 68.3 cm³/mol. The second-order valence-corrected chi connectivity index (χ2v) is 4.67. The summed E-state index contributed by atoms with van der Waals surface area (Å²) in [6, 6.07) is 9.46. The fourth-order valence-corrected chi connectivity index (χ4v) is 2.26. The van der Waals surface area contributed by atoms with E-state index in [-0.39, 0.29) is 0 Å². The molecular weight excluding hydrogens is 196 g/mol. The van der Waals surface area contributed by atoms with Crippen LogP contribution in [0.2, 0.25) is 0 Å². The molecule has 0 fully saturated rings. The van der Waals surface area contributed by atoms with Crippen molar-refractivity contribution in [2.75, 3.05) is 13.1 Å². The van der Waals surface area contributed by atoms with Crippen molar-refractivity contribution in [3.05, 3.63) is 35.4 Å². The molecule has 0 saturated carbocycles. The van der Waals surface area contributed by atoms with Gasteiger partial charge in [0.25, 0.3) is 0 Å². The predicted octanol–water partition coefficient (Wildman–Crippen LogP) is 2.39. The highest BCUT2D eigenvalue weighted by Crippen LogP contribution is 2.16. The maximum atomic E-state index is 3.51. The number of nitrogens with zero attached hydrogens (tertiary/aromatic N) is 1. The standard InChI is InChI=1S/C14H22N2/c1-3-12(2)16-9-8-15-10-13-6-4-5-7-14(13)11-16/h4-7,12,15H,3,8-11H2,1-2H3. The highest BCUT2D eigenvalue weighted by atomic mass is 15.2. The van der Waals surface area contributed by atoms with Gasteiger partial charge in [0.2, 0.25) is 0 Å². The summed E-state index contributed by atoms with van der Waals surface area (Å²) in [6.07, 6.45) is 1.22. The highest BCUT2D eigenvalue weighted by molar-refractivity contribution is 5.27. The molecule has 2 rings (SSSR count). The molecule has 1 atom stereocenters. The largest absolute Gasteiger partial charge is 0.311 e. The van der Waals surface area contributed by atoms with E-state index in [1.165, 1.54) is 17.5 Å². The number of rotatable bonds is 2. The van der Waals surface area contributed by atoms with E-state index in [1.54, 1.807) is 0 Å². The normalized spacial score (nSPS) is 19.6. The maximum absolute atomic E-state index is 3.51. The van der Waals surface area contributed by atoms with Gasteiger partial charge in [0.1, 0.15) is 0 Å². The van der Waals surface area contributed by atoms with Gasteiger partial charge in [0.15, 0.2) is 0 Å². The lowest BCUT2D eigenvalue weighted by atomic mass is 10.0. The lowest BCUT2D eigenvalue weighted by Gasteiger charge is -2.31. The SMILES string of the molecule is CCC(C)N1CCNCc2ccccc2C1. The Balaban J connectivity index is 2.18. The van der Waals surface area contributed by atoms with E-state index in [9.17, 15) is 0 Å². The van der Waals surface area contributed by atoms with Crippen molar-refractivity contribution < 1.29 is 0 Å². The molecule has 0 amide bonds.